The Bertz CT molecular complexity index is 736. The number of phenols is 1. The molecule has 0 heterocycles. The molecule has 2 rings (SSSR count). The first-order chi connectivity index (χ1) is 9.90. The first-order valence-corrected chi connectivity index (χ1v) is 6.80. The van der Waals surface area contributed by atoms with Crippen LogP contribution in [0.4, 0.5) is 11.4 Å². The summed E-state index contributed by atoms with van der Waals surface area (Å²) in [5, 5.41) is 23.2. The zero-order valence-corrected chi connectivity index (χ0v) is 12.7. The number of benzene rings is 2. The highest BCUT2D eigenvalue weighted by molar-refractivity contribution is 9.10. The molecule has 0 aliphatic heterocycles. The number of amides is 1. The van der Waals surface area contributed by atoms with Crippen molar-refractivity contribution in [3.05, 3.63) is 61.6 Å². The summed E-state index contributed by atoms with van der Waals surface area (Å²) in [7, 11) is 0. The summed E-state index contributed by atoms with van der Waals surface area (Å²) in [5.74, 6) is -0.962. The van der Waals surface area contributed by atoms with Gasteiger partial charge in [-0.1, -0.05) is 17.7 Å². The van der Waals surface area contributed by atoms with Gasteiger partial charge >= 0.3 is 0 Å². The van der Waals surface area contributed by atoms with Crippen LogP contribution in [0.2, 0.25) is 5.02 Å². The molecule has 2 aromatic carbocycles. The summed E-state index contributed by atoms with van der Waals surface area (Å²) >= 11 is 9.12. The standard InChI is InChI=1S/C13H8BrClN2O4/c14-12-9(15)2-1-3-10(12)16-13(19)8-6-7(18)4-5-11(8)17(20)21/h1-6,18H,(H,16,19). The number of hydrogen-bond acceptors (Lipinski definition) is 4. The minimum Gasteiger partial charge on any atom is -0.508 e. The van der Waals surface area contributed by atoms with Crippen LogP contribution >= 0.6 is 27.5 Å². The number of phenolic OH excluding ortho intramolecular Hbond substituents is 1. The van der Waals surface area contributed by atoms with Gasteiger partial charge in [0.25, 0.3) is 11.6 Å². The maximum atomic E-state index is 12.2. The topological polar surface area (TPSA) is 92.5 Å². The predicted molar refractivity (Wildman–Crippen MR) is 81.9 cm³/mol. The molecule has 2 N–H and O–H groups in total. The van der Waals surface area contributed by atoms with Crippen LogP contribution in [0.15, 0.2) is 40.9 Å². The highest BCUT2D eigenvalue weighted by Gasteiger charge is 2.21. The molecule has 0 unspecified atom stereocenters. The van der Waals surface area contributed by atoms with Crippen LogP contribution in [0.1, 0.15) is 10.4 Å². The van der Waals surface area contributed by atoms with Gasteiger partial charge in [0.1, 0.15) is 11.3 Å². The molecule has 0 radical (unpaired) electrons. The number of nitrogens with zero attached hydrogens (tertiary/aromatic N) is 1. The van der Waals surface area contributed by atoms with Crippen molar-refractivity contribution in [3.8, 4) is 5.75 Å². The fourth-order valence-electron chi connectivity index (χ4n) is 1.66. The molecule has 6 nitrogen and oxygen atoms in total. The van der Waals surface area contributed by atoms with Crippen LogP contribution < -0.4 is 5.32 Å². The minimum atomic E-state index is -0.722. The van der Waals surface area contributed by atoms with E-state index < -0.39 is 16.5 Å². The van der Waals surface area contributed by atoms with E-state index in [0.717, 1.165) is 18.2 Å². The van der Waals surface area contributed by atoms with Crippen molar-refractivity contribution in [3.63, 3.8) is 0 Å². The van der Waals surface area contributed by atoms with Crippen molar-refractivity contribution in [1.29, 1.82) is 0 Å². The predicted octanol–water partition coefficient (Wildman–Crippen LogP) is 3.97. The maximum Gasteiger partial charge on any atom is 0.282 e. The Morgan fingerprint density at radius 3 is 2.71 bits per heavy atom. The quantitative estimate of drug-likeness (QED) is 0.631. The molecule has 2 aromatic rings. The molecule has 21 heavy (non-hydrogen) atoms. The van der Waals surface area contributed by atoms with E-state index in [4.69, 9.17) is 11.6 Å². The summed E-state index contributed by atoms with van der Waals surface area (Å²) in [4.78, 5) is 22.4. The van der Waals surface area contributed by atoms with Gasteiger partial charge in [-0.2, -0.15) is 0 Å². The van der Waals surface area contributed by atoms with Crippen molar-refractivity contribution in [2.24, 2.45) is 0 Å². The maximum absolute atomic E-state index is 12.2. The van der Waals surface area contributed by atoms with Crippen LogP contribution in [0.5, 0.6) is 5.75 Å². The molecule has 0 fully saturated rings. The van der Waals surface area contributed by atoms with Crippen molar-refractivity contribution >= 4 is 44.8 Å². The molecule has 0 bridgehead atoms. The Labute approximate surface area is 132 Å². The first kappa shape index (κ1) is 15.3. The minimum absolute atomic E-state index is 0.240. The van der Waals surface area contributed by atoms with Crippen LogP contribution in [-0.4, -0.2) is 15.9 Å². The zero-order valence-electron chi connectivity index (χ0n) is 10.3. The highest BCUT2D eigenvalue weighted by Crippen LogP contribution is 2.31. The smallest absolute Gasteiger partial charge is 0.282 e. The van der Waals surface area contributed by atoms with Gasteiger partial charge in [0, 0.05) is 6.07 Å². The monoisotopic (exact) mass is 370 g/mol. The third-order valence-electron chi connectivity index (χ3n) is 2.62. The molecule has 0 atom stereocenters. The van der Waals surface area contributed by atoms with Crippen LogP contribution in [0, 0.1) is 10.1 Å². The largest absolute Gasteiger partial charge is 0.508 e. The van der Waals surface area contributed by atoms with Gasteiger partial charge in [0.2, 0.25) is 0 Å². The Kier molecular flexibility index (Phi) is 4.44. The number of nitro benzene ring substituents is 1. The average molecular weight is 372 g/mol. The lowest BCUT2D eigenvalue weighted by Gasteiger charge is -2.09. The Morgan fingerprint density at radius 1 is 1.33 bits per heavy atom. The summed E-state index contributed by atoms with van der Waals surface area (Å²) in [5.41, 5.74) is -0.277. The second kappa shape index (κ2) is 6.11. The molecular formula is C13H8BrClN2O4. The van der Waals surface area contributed by atoms with E-state index in [-0.39, 0.29) is 11.3 Å². The SMILES string of the molecule is O=C(Nc1cccc(Cl)c1Br)c1cc(O)ccc1[N+](=O)[O-]. The van der Waals surface area contributed by atoms with Crippen LogP contribution in [0.25, 0.3) is 0 Å². The van der Waals surface area contributed by atoms with Gasteiger partial charge in [0.15, 0.2) is 0 Å². The Hall–Kier alpha value is -2.12. The number of hydrogen-bond donors (Lipinski definition) is 2. The first-order valence-electron chi connectivity index (χ1n) is 5.63. The molecule has 1 amide bonds. The average Bonchev–Trinajstić information content (AvgIpc) is 2.43. The lowest BCUT2D eigenvalue weighted by Crippen LogP contribution is -2.14. The van der Waals surface area contributed by atoms with Gasteiger partial charge in [0.05, 0.1) is 20.1 Å². The molecule has 0 aliphatic rings. The van der Waals surface area contributed by atoms with E-state index in [2.05, 4.69) is 21.2 Å². The Balaban J connectivity index is 2.39. The van der Waals surface area contributed by atoms with E-state index in [1.165, 1.54) is 0 Å². The molecule has 0 aromatic heterocycles. The van der Waals surface area contributed by atoms with Gasteiger partial charge < -0.3 is 10.4 Å². The van der Waals surface area contributed by atoms with Gasteiger partial charge in [-0.15, -0.1) is 0 Å². The third kappa shape index (κ3) is 3.32. The van der Waals surface area contributed by atoms with E-state index in [1.54, 1.807) is 18.2 Å². The number of rotatable bonds is 3. The Morgan fingerprint density at radius 2 is 2.05 bits per heavy atom. The number of carbonyl (C=O) groups is 1. The lowest BCUT2D eigenvalue weighted by molar-refractivity contribution is -0.385. The number of halogens is 2. The van der Waals surface area contributed by atoms with E-state index in [0.29, 0.717) is 15.2 Å². The van der Waals surface area contributed by atoms with E-state index >= 15 is 0 Å². The number of nitrogens with one attached hydrogen (secondary N) is 1. The second-order valence-corrected chi connectivity index (χ2v) is 5.21. The summed E-state index contributed by atoms with van der Waals surface area (Å²) in [6, 6.07) is 8.08. The lowest BCUT2D eigenvalue weighted by atomic mass is 10.1. The third-order valence-corrected chi connectivity index (χ3v) is 4.02. The van der Waals surface area contributed by atoms with Crippen molar-refractivity contribution in [2.75, 3.05) is 5.32 Å². The fourth-order valence-corrected chi connectivity index (χ4v) is 2.19. The van der Waals surface area contributed by atoms with Crippen molar-refractivity contribution < 1.29 is 14.8 Å². The molecule has 8 heteroatoms. The van der Waals surface area contributed by atoms with Gasteiger partial charge in [-0.3, -0.25) is 14.9 Å². The molecule has 0 saturated carbocycles. The molecule has 0 saturated heterocycles. The van der Waals surface area contributed by atoms with Gasteiger partial charge in [-0.05, 0) is 40.2 Å². The molecule has 0 spiro atoms. The van der Waals surface area contributed by atoms with Crippen molar-refractivity contribution in [2.45, 2.75) is 0 Å². The summed E-state index contributed by atoms with van der Waals surface area (Å²) < 4.78 is 0.461. The van der Waals surface area contributed by atoms with Gasteiger partial charge in [-0.25, -0.2) is 0 Å². The summed E-state index contributed by atoms with van der Waals surface area (Å²) in [6.45, 7) is 0. The fraction of sp³-hybridized carbons (Fsp3) is 0. The number of carbonyl (C=O) groups excluding carboxylic acids is 1. The van der Waals surface area contributed by atoms with Crippen LogP contribution in [-0.2, 0) is 0 Å². The van der Waals surface area contributed by atoms with E-state index in [1.807, 2.05) is 0 Å². The normalized spacial score (nSPS) is 10.2. The molecule has 0 aliphatic carbocycles. The molecule has 108 valence electrons. The zero-order chi connectivity index (χ0) is 15.6. The number of aromatic hydroxyl groups is 1. The molecular weight excluding hydrogens is 364 g/mol. The highest BCUT2D eigenvalue weighted by atomic mass is 79.9. The van der Waals surface area contributed by atoms with Crippen molar-refractivity contribution in [1.82, 2.24) is 0 Å². The number of nitro groups is 1. The second-order valence-electron chi connectivity index (χ2n) is 4.01. The van der Waals surface area contributed by atoms with Crippen LogP contribution in [0.3, 0.4) is 0 Å². The number of anilines is 1. The van der Waals surface area contributed by atoms with E-state index in [9.17, 15) is 20.0 Å². The summed E-state index contributed by atoms with van der Waals surface area (Å²) in [6.07, 6.45) is 0.